The van der Waals surface area contributed by atoms with Crippen LogP contribution in [-0.2, 0) is 0 Å². The van der Waals surface area contributed by atoms with Gasteiger partial charge < -0.3 is 0 Å². The lowest BCUT2D eigenvalue weighted by Crippen LogP contribution is -2.32. The van der Waals surface area contributed by atoms with Gasteiger partial charge in [0.15, 0.2) is 0 Å². The van der Waals surface area contributed by atoms with Crippen LogP contribution in [0.5, 0.6) is 0 Å². The van der Waals surface area contributed by atoms with Crippen molar-refractivity contribution in [3.05, 3.63) is 108 Å². The van der Waals surface area contributed by atoms with E-state index in [9.17, 15) is 0 Å². The number of nitrogens with zero attached hydrogens (tertiary/aromatic N) is 1. The van der Waals surface area contributed by atoms with E-state index in [0.717, 1.165) is 5.69 Å². The smallest absolute Gasteiger partial charge is 0.0720 e. The molecule has 0 saturated carbocycles. The predicted molar refractivity (Wildman–Crippen MR) is 95.7 cm³/mol. The Labute approximate surface area is 136 Å². The third-order valence-corrected chi connectivity index (χ3v) is 4.08. The van der Waals surface area contributed by atoms with E-state index in [1.54, 1.807) is 0 Å². The molecule has 2 nitrogen and oxygen atoms in total. The molecule has 1 N–H and O–H groups in total. The SMILES string of the molecule is C1=C(c2ccccc2)N(c2ccccc2)NC1c1ccccc1. The van der Waals surface area contributed by atoms with Gasteiger partial charge in [0, 0.05) is 0 Å². The molecule has 3 aromatic carbocycles. The minimum absolute atomic E-state index is 0.173. The van der Waals surface area contributed by atoms with Gasteiger partial charge in [-0.25, -0.2) is 5.43 Å². The number of hydrogen-bond donors (Lipinski definition) is 1. The molecule has 3 aromatic rings. The summed E-state index contributed by atoms with van der Waals surface area (Å²) in [5.74, 6) is 0. The fourth-order valence-corrected chi connectivity index (χ4v) is 2.93. The minimum atomic E-state index is 0.173. The summed E-state index contributed by atoms with van der Waals surface area (Å²) in [5, 5.41) is 2.17. The Bertz CT molecular complexity index is 795. The minimum Gasteiger partial charge on any atom is -0.276 e. The van der Waals surface area contributed by atoms with Crippen molar-refractivity contribution in [3.63, 3.8) is 0 Å². The summed E-state index contributed by atoms with van der Waals surface area (Å²) in [4.78, 5) is 0. The van der Waals surface area contributed by atoms with Gasteiger partial charge in [-0.2, -0.15) is 0 Å². The van der Waals surface area contributed by atoms with Crippen LogP contribution in [0.25, 0.3) is 5.70 Å². The topological polar surface area (TPSA) is 15.3 Å². The molecule has 1 heterocycles. The Morgan fingerprint density at radius 3 is 1.87 bits per heavy atom. The first-order valence-corrected chi connectivity index (χ1v) is 7.85. The van der Waals surface area contributed by atoms with E-state index >= 15 is 0 Å². The third-order valence-electron chi connectivity index (χ3n) is 4.08. The summed E-state index contributed by atoms with van der Waals surface area (Å²) in [6, 6.07) is 31.6. The molecular formula is C21H18N2. The van der Waals surface area contributed by atoms with Gasteiger partial charge in [0.2, 0.25) is 0 Å². The van der Waals surface area contributed by atoms with Crippen LogP contribution in [0.4, 0.5) is 5.69 Å². The van der Waals surface area contributed by atoms with Gasteiger partial charge in [-0.15, -0.1) is 0 Å². The molecule has 2 heteroatoms. The lowest BCUT2D eigenvalue weighted by Gasteiger charge is -2.24. The largest absolute Gasteiger partial charge is 0.276 e. The van der Waals surface area contributed by atoms with Crippen molar-refractivity contribution in [2.24, 2.45) is 0 Å². The second-order valence-corrected chi connectivity index (χ2v) is 5.61. The third kappa shape index (κ3) is 2.77. The van der Waals surface area contributed by atoms with Crippen molar-refractivity contribution in [1.82, 2.24) is 5.43 Å². The summed E-state index contributed by atoms with van der Waals surface area (Å²) < 4.78 is 0. The van der Waals surface area contributed by atoms with E-state index in [1.165, 1.54) is 16.8 Å². The number of benzene rings is 3. The first kappa shape index (κ1) is 13.8. The fraction of sp³-hybridized carbons (Fsp3) is 0.0476. The zero-order valence-electron chi connectivity index (χ0n) is 12.8. The summed E-state index contributed by atoms with van der Waals surface area (Å²) in [6.07, 6.45) is 2.29. The molecule has 1 aliphatic heterocycles. The normalized spacial score (nSPS) is 17.1. The molecule has 1 atom stereocenters. The van der Waals surface area contributed by atoms with Gasteiger partial charge in [0.05, 0.1) is 17.4 Å². The molecular weight excluding hydrogens is 280 g/mol. The van der Waals surface area contributed by atoms with Crippen LogP contribution in [0.15, 0.2) is 97.1 Å². The number of hydrazine groups is 1. The number of anilines is 1. The van der Waals surface area contributed by atoms with Crippen molar-refractivity contribution in [1.29, 1.82) is 0 Å². The van der Waals surface area contributed by atoms with Crippen LogP contribution in [0.3, 0.4) is 0 Å². The van der Waals surface area contributed by atoms with Crippen LogP contribution in [0.2, 0.25) is 0 Å². The summed E-state index contributed by atoms with van der Waals surface area (Å²) >= 11 is 0. The van der Waals surface area contributed by atoms with E-state index in [1.807, 2.05) is 12.1 Å². The number of para-hydroxylation sites is 1. The highest BCUT2D eigenvalue weighted by molar-refractivity contribution is 5.81. The average molecular weight is 298 g/mol. The Balaban J connectivity index is 1.76. The highest BCUT2D eigenvalue weighted by Gasteiger charge is 2.25. The fourth-order valence-electron chi connectivity index (χ4n) is 2.93. The average Bonchev–Trinajstić information content (AvgIpc) is 3.09. The molecule has 112 valence electrons. The first-order chi connectivity index (χ1) is 11.4. The summed E-state index contributed by atoms with van der Waals surface area (Å²) in [7, 11) is 0. The Morgan fingerprint density at radius 1 is 0.652 bits per heavy atom. The van der Waals surface area contributed by atoms with Crippen LogP contribution in [0.1, 0.15) is 17.2 Å². The quantitative estimate of drug-likeness (QED) is 0.747. The molecule has 0 saturated heterocycles. The van der Waals surface area contributed by atoms with Crippen LogP contribution in [0, 0.1) is 0 Å². The van der Waals surface area contributed by atoms with Crippen molar-refractivity contribution in [3.8, 4) is 0 Å². The number of hydrogen-bond acceptors (Lipinski definition) is 2. The van der Waals surface area contributed by atoms with E-state index in [4.69, 9.17) is 0 Å². The Morgan fingerprint density at radius 2 is 1.22 bits per heavy atom. The molecule has 4 rings (SSSR count). The second kappa shape index (κ2) is 6.11. The van der Waals surface area contributed by atoms with Crippen molar-refractivity contribution in [2.75, 3.05) is 5.01 Å². The lowest BCUT2D eigenvalue weighted by atomic mass is 10.1. The molecule has 1 unspecified atom stereocenters. The summed E-state index contributed by atoms with van der Waals surface area (Å²) in [5.41, 5.74) is 8.41. The van der Waals surface area contributed by atoms with Gasteiger partial charge in [0.1, 0.15) is 0 Å². The molecule has 0 spiro atoms. The first-order valence-electron chi connectivity index (χ1n) is 7.85. The van der Waals surface area contributed by atoms with Gasteiger partial charge in [-0.1, -0.05) is 78.9 Å². The van der Waals surface area contributed by atoms with Crippen LogP contribution >= 0.6 is 0 Å². The maximum Gasteiger partial charge on any atom is 0.0720 e. The highest BCUT2D eigenvalue weighted by atomic mass is 15.5. The van der Waals surface area contributed by atoms with Crippen molar-refractivity contribution < 1.29 is 0 Å². The van der Waals surface area contributed by atoms with Crippen molar-refractivity contribution in [2.45, 2.75) is 6.04 Å². The molecule has 0 radical (unpaired) electrons. The van der Waals surface area contributed by atoms with Crippen molar-refractivity contribution >= 4 is 11.4 Å². The van der Waals surface area contributed by atoms with E-state index in [0.29, 0.717) is 0 Å². The molecule has 0 bridgehead atoms. The van der Waals surface area contributed by atoms with Gasteiger partial charge in [-0.3, -0.25) is 5.01 Å². The van der Waals surface area contributed by atoms with Crippen LogP contribution in [-0.4, -0.2) is 0 Å². The number of nitrogens with one attached hydrogen (secondary N) is 1. The monoisotopic (exact) mass is 298 g/mol. The molecule has 0 amide bonds. The number of rotatable bonds is 3. The summed E-state index contributed by atoms with van der Waals surface area (Å²) in [6.45, 7) is 0. The van der Waals surface area contributed by atoms with Gasteiger partial charge in [-0.05, 0) is 29.3 Å². The standard InChI is InChI=1S/C21H18N2/c1-4-10-17(11-5-1)20-16-21(18-12-6-2-7-13-18)23(22-20)19-14-8-3-9-15-19/h1-16,20,22H. The molecule has 0 aromatic heterocycles. The second-order valence-electron chi connectivity index (χ2n) is 5.61. The molecule has 1 aliphatic rings. The maximum atomic E-state index is 3.61. The van der Waals surface area contributed by atoms with Gasteiger partial charge >= 0.3 is 0 Å². The lowest BCUT2D eigenvalue weighted by molar-refractivity contribution is 0.674. The zero-order valence-corrected chi connectivity index (χ0v) is 12.8. The van der Waals surface area contributed by atoms with E-state index in [2.05, 4.69) is 95.4 Å². The van der Waals surface area contributed by atoms with E-state index in [-0.39, 0.29) is 6.04 Å². The predicted octanol–water partition coefficient (Wildman–Crippen LogP) is 4.79. The zero-order chi connectivity index (χ0) is 15.5. The Kier molecular flexibility index (Phi) is 3.66. The molecule has 23 heavy (non-hydrogen) atoms. The van der Waals surface area contributed by atoms with Gasteiger partial charge in [0.25, 0.3) is 0 Å². The molecule has 0 fully saturated rings. The Hall–Kier alpha value is -2.84. The van der Waals surface area contributed by atoms with E-state index < -0.39 is 0 Å². The highest BCUT2D eigenvalue weighted by Crippen LogP contribution is 2.33. The molecule has 0 aliphatic carbocycles. The van der Waals surface area contributed by atoms with Crippen LogP contribution < -0.4 is 10.4 Å². The maximum absolute atomic E-state index is 3.61.